The fraction of sp³-hybridized carbons (Fsp3) is 0. The molecule has 0 fully saturated rings. The highest BCUT2D eigenvalue weighted by Gasteiger charge is 1.94. The van der Waals surface area contributed by atoms with E-state index in [1.54, 1.807) is 35.3 Å². The molecule has 0 spiro atoms. The number of aromatic nitrogens is 3. The molecule has 0 atom stereocenters. The molecule has 2 aromatic rings. The summed E-state index contributed by atoms with van der Waals surface area (Å²) < 4.78 is 1.62. The van der Waals surface area contributed by atoms with E-state index < -0.39 is 0 Å². The van der Waals surface area contributed by atoms with Gasteiger partial charge in [-0.1, -0.05) is 0 Å². The van der Waals surface area contributed by atoms with Crippen molar-refractivity contribution >= 4 is 5.69 Å². The highest BCUT2D eigenvalue weighted by atomic mass is 15.3. The van der Waals surface area contributed by atoms with Gasteiger partial charge in [-0.05, 0) is 24.3 Å². The molecule has 0 bridgehead atoms. The molecule has 1 aromatic heterocycles. The van der Waals surface area contributed by atoms with Crippen molar-refractivity contribution in [2.75, 3.05) is 0 Å². The molecule has 0 amide bonds. The Morgan fingerprint density at radius 3 is 2.50 bits per heavy atom. The van der Waals surface area contributed by atoms with E-state index in [4.69, 9.17) is 5.73 Å². The molecule has 58 valence electrons. The van der Waals surface area contributed by atoms with Crippen molar-refractivity contribution in [1.82, 2.24) is 20.5 Å². The van der Waals surface area contributed by atoms with Gasteiger partial charge in [0, 0.05) is 0 Å². The van der Waals surface area contributed by atoms with Gasteiger partial charge in [0.25, 0.3) is 0 Å². The van der Waals surface area contributed by atoms with Gasteiger partial charge in [0.1, 0.15) is 12.7 Å². The topological polar surface area (TPSA) is 53.0 Å². The lowest BCUT2D eigenvalue weighted by molar-refractivity contribution is 0.879. The van der Waals surface area contributed by atoms with Crippen LogP contribution in [0.15, 0.2) is 36.9 Å². The second-order valence-corrected chi connectivity index (χ2v) is 2.36. The van der Waals surface area contributed by atoms with E-state index in [1.807, 2.05) is 0 Å². The van der Waals surface area contributed by atoms with Gasteiger partial charge in [0.05, 0.1) is 11.4 Å². The number of hydrogen-bond donors (Lipinski definition) is 0. The maximum atomic E-state index is 9.01. The summed E-state index contributed by atoms with van der Waals surface area (Å²) >= 11 is 0. The molecule has 0 saturated carbocycles. The zero-order valence-corrected chi connectivity index (χ0v) is 6.25. The van der Waals surface area contributed by atoms with Crippen LogP contribution in [0.25, 0.3) is 5.69 Å². The van der Waals surface area contributed by atoms with E-state index in [-0.39, 0.29) is 5.69 Å². The molecule has 0 unspecified atom stereocenters. The summed E-state index contributed by atoms with van der Waals surface area (Å²) in [5, 5.41) is 3.94. The van der Waals surface area contributed by atoms with E-state index in [2.05, 4.69) is 10.1 Å². The van der Waals surface area contributed by atoms with Gasteiger partial charge in [-0.3, -0.25) is 0 Å². The van der Waals surface area contributed by atoms with Crippen molar-refractivity contribution in [1.29, 1.82) is 0 Å². The van der Waals surface area contributed by atoms with Crippen LogP contribution in [0.5, 0.6) is 0 Å². The average molecular weight is 158 g/mol. The van der Waals surface area contributed by atoms with Crippen molar-refractivity contribution in [2.45, 2.75) is 0 Å². The monoisotopic (exact) mass is 158 g/mol. The minimum Gasteiger partial charge on any atom is -0.223 e. The van der Waals surface area contributed by atoms with Crippen molar-refractivity contribution < 1.29 is 0 Å². The van der Waals surface area contributed by atoms with Crippen molar-refractivity contribution in [3.8, 4) is 5.69 Å². The number of hydrogen-bond acceptors (Lipinski definition) is 2. The molecule has 0 N–H and O–H groups in total. The first-order chi connectivity index (χ1) is 5.86. The third-order valence-electron chi connectivity index (χ3n) is 1.53. The van der Waals surface area contributed by atoms with E-state index >= 15 is 0 Å². The Morgan fingerprint density at radius 1 is 1.17 bits per heavy atom. The summed E-state index contributed by atoms with van der Waals surface area (Å²) in [5.74, 6) is 0. The molecule has 4 nitrogen and oxygen atoms in total. The van der Waals surface area contributed by atoms with E-state index in [9.17, 15) is 0 Å². The van der Waals surface area contributed by atoms with Gasteiger partial charge in [0.15, 0.2) is 0 Å². The van der Waals surface area contributed by atoms with E-state index in [1.165, 1.54) is 6.33 Å². The standard InChI is InChI=1S/C8H6N4/c9-7-1-3-8(4-2-7)12-6-10-5-11-12/h1-6H. The van der Waals surface area contributed by atoms with Crippen molar-refractivity contribution in [3.63, 3.8) is 0 Å². The SMILES string of the molecule is [N]c1ccc(-n2cncn2)cc1. The number of rotatable bonds is 1. The quantitative estimate of drug-likeness (QED) is 0.620. The van der Waals surface area contributed by atoms with Crippen LogP contribution in [0, 0.1) is 0 Å². The average Bonchev–Trinajstić information content (AvgIpc) is 2.58. The maximum Gasteiger partial charge on any atom is 0.138 e. The lowest BCUT2D eigenvalue weighted by atomic mass is 10.3. The largest absolute Gasteiger partial charge is 0.223 e. The van der Waals surface area contributed by atoms with Crippen molar-refractivity contribution in [2.24, 2.45) is 0 Å². The lowest BCUT2D eigenvalue weighted by Crippen LogP contribution is -1.92. The normalized spacial score (nSPS) is 10.0. The van der Waals surface area contributed by atoms with Crippen LogP contribution in [0.2, 0.25) is 0 Å². The molecule has 0 aliphatic heterocycles. The van der Waals surface area contributed by atoms with Crippen LogP contribution in [0.4, 0.5) is 5.69 Å². The molecule has 2 radical (unpaired) electrons. The molecule has 12 heavy (non-hydrogen) atoms. The molecular formula is C8H6N4. The Hall–Kier alpha value is -1.84. The van der Waals surface area contributed by atoms with E-state index in [0.717, 1.165) is 5.69 Å². The van der Waals surface area contributed by atoms with Crippen LogP contribution >= 0.6 is 0 Å². The third kappa shape index (κ3) is 1.14. The number of benzene rings is 1. The smallest absolute Gasteiger partial charge is 0.138 e. The lowest BCUT2D eigenvalue weighted by Gasteiger charge is -1.97. The minimum absolute atomic E-state index is 0.249. The van der Waals surface area contributed by atoms with E-state index in [0.29, 0.717) is 0 Å². The molecule has 1 aromatic carbocycles. The van der Waals surface area contributed by atoms with Crippen LogP contribution in [-0.2, 0) is 0 Å². The minimum atomic E-state index is 0.249. The summed E-state index contributed by atoms with van der Waals surface area (Å²) in [7, 11) is 0. The van der Waals surface area contributed by atoms with Gasteiger partial charge >= 0.3 is 0 Å². The van der Waals surface area contributed by atoms with Crippen LogP contribution in [0.1, 0.15) is 0 Å². The Balaban J connectivity index is 2.43. The molecule has 0 saturated heterocycles. The molecule has 0 aliphatic carbocycles. The summed E-state index contributed by atoms with van der Waals surface area (Å²) in [4.78, 5) is 3.81. The van der Waals surface area contributed by atoms with Crippen molar-refractivity contribution in [3.05, 3.63) is 36.9 Å². The first-order valence-corrected chi connectivity index (χ1v) is 3.50. The summed E-state index contributed by atoms with van der Waals surface area (Å²) in [6.45, 7) is 0. The highest BCUT2D eigenvalue weighted by Crippen LogP contribution is 2.09. The van der Waals surface area contributed by atoms with Gasteiger partial charge in [-0.2, -0.15) is 10.8 Å². The summed E-state index contributed by atoms with van der Waals surface area (Å²) in [6, 6.07) is 6.75. The maximum absolute atomic E-state index is 9.01. The Bertz CT molecular complexity index is 349. The second kappa shape index (κ2) is 2.65. The Kier molecular flexibility index (Phi) is 1.51. The van der Waals surface area contributed by atoms with Crippen LogP contribution in [-0.4, -0.2) is 14.8 Å². The van der Waals surface area contributed by atoms with Gasteiger partial charge < -0.3 is 0 Å². The third-order valence-corrected chi connectivity index (χ3v) is 1.53. The predicted molar refractivity (Wildman–Crippen MR) is 43.2 cm³/mol. The Morgan fingerprint density at radius 2 is 1.92 bits per heavy atom. The molecular weight excluding hydrogens is 152 g/mol. The highest BCUT2D eigenvalue weighted by molar-refractivity contribution is 5.41. The molecule has 0 aliphatic rings. The number of nitrogens with zero attached hydrogens (tertiary/aromatic N) is 4. The summed E-state index contributed by atoms with van der Waals surface area (Å²) in [5.41, 5.74) is 10.1. The van der Waals surface area contributed by atoms with Crippen LogP contribution in [0.3, 0.4) is 0 Å². The first-order valence-electron chi connectivity index (χ1n) is 3.50. The van der Waals surface area contributed by atoms with Gasteiger partial charge in [-0.15, -0.1) is 0 Å². The van der Waals surface area contributed by atoms with Gasteiger partial charge in [0.2, 0.25) is 0 Å². The van der Waals surface area contributed by atoms with Gasteiger partial charge in [-0.25, -0.2) is 9.67 Å². The van der Waals surface area contributed by atoms with Crippen LogP contribution < -0.4 is 5.73 Å². The molecule has 1 heterocycles. The first kappa shape index (κ1) is 6.84. The fourth-order valence-electron chi connectivity index (χ4n) is 0.947. The molecule has 2 rings (SSSR count). The summed E-state index contributed by atoms with van der Waals surface area (Å²) in [6.07, 6.45) is 3.07. The Labute approximate surface area is 69.7 Å². The zero-order chi connectivity index (χ0) is 8.39. The predicted octanol–water partition coefficient (Wildman–Crippen LogP) is 0.967. The zero-order valence-electron chi connectivity index (χ0n) is 6.25. The second-order valence-electron chi connectivity index (χ2n) is 2.36. The molecule has 4 heteroatoms. The fourth-order valence-corrected chi connectivity index (χ4v) is 0.947.